The Morgan fingerprint density at radius 2 is 2.00 bits per heavy atom. The Morgan fingerprint density at radius 3 is 2.52 bits per heavy atom. The lowest BCUT2D eigenvalue weighted by molar-refractivity contribution is -0.115. The van der Waals surface area contributed by atoms with Gasteiger partial charge in [0.05, 0.1) is 21.8 Å². The third-order valence-electron chi connectivity index (χ3n) is 2.51. The molecule has 21 heavy (non-hydrogen) atoms. The molecule has 0 aliphatic carbocycles. The minimum Gasteiger partial charge on any atom is -0.375 e. The second-order valence-corrected chi connectivity index (χ2v) is 5.26. The highest BCUT2D eigenvalue weighted by Crippen LogP contribution is 2.28. The van der Waals surface area contributed by atoms with Gasteiger partial charge in [-0.25, -0.2) is 0 Å². The third-order valence-corrected chi connectivity index (χ3v) is 2.83. The van der Waals surface area contributed by atoms with Gasteiger partial charge in [-0.1, -0.05) is 23.6 Å². The van der Waals surface area contributed by atoms with Gasteiger partial charge in [-0.3, -0.25) is 4.79 Å². The molecular formula is C14H14ClF3N2O. The Balaban J connectivity index is 3.05. The smallest absolute Gasteiger partial charge is 0.375 e. The first-order valence-electron chi connectivity index (χ1n) is 5.95. The number of hydrogen-bond acceptors (Lipinski definition) is 2. The maximum absolute atomic E-state index is 12.3. The first kappa shape index (κ1) is 17.2. The van der Waals surface area contributed by atoms with Crippen LogP contribution in [-0.4, -0.2) is 24.2 Å². The standard InChI is InChI=1S/C14H14ClF3N2O/c1-4-13(2,3)20-12(21)9-6-5-7-10(15)11(9)19-8-14(16,17)18/h1,5-7,19H,8H2,2-3H3,(H,20,21). The van der Waals surface area contributed by atoms with Crippen molar-refractivity contribution >= 4 is 23.2 Å². The summed E-state index contributed by atoms with van der Waals surface area (Å²) in [6.45, 7) is 1.89. The largest absolute Gasteiger partial charge is 0.405 e. The lowest BCUT2D eigenvalue weighted by Crippen LogP contribution is -2.42. The van der Waals surface area contributed by atoms with E-state index in [2.05, 4.69) is 16.6 Å². The molecule has 0 saturated carbocycles. The molecule has 0 aliphatic rings. The number of carbonyl (C=O) groups excluding carboxylic acids is 1. The molecule has 0 fully saturated rings. The molecule has 3 nitrogen and oxygen atoms in total. The number of carbonyl (C=O) groups is 1. The molecule has 0 unspecified atom stereocenters. The second-order valence-electron chi connectivity index (χ2n) is 4.85. The van der Waals surface area contributed by atoms with Gasteiger partial charge in [0.2, 0.25) is 0 Å². The third kappa shape index (κ3) is 5.20. The van der Waals surface area contributed by atoms with E-state index >= 15 is 0 Å². The first-order valence-corrected chi connectivity index (χ1v) is 6.33. The summed E-state index contributed by atoms with van der Waals surface area (Å²) in [6, 6.07) is 4.23. The number of nitrogens with one attached hydrogen (secondary N) is 2. The number of amides is 1. The van der Waals surface area contributed by atoms with Crippen molar-refractivity contribution < 1.29 is 18.0 Å². The van der Waals surface area contributed by atoms with Crippen LogP contribution in [0.5, 0.6) is 0 Å². The summed E-state index contributed by atoms with van der Waals surface area (Å²) in [6.07, 6.45) is 0.836. The van der Waals surface area contributed by atoms with Crippen LogP contribution in [-0.2, 0) is 0 Å². The molecule has 0 atom stereocenters. The van der Waals surface area contributed by atoms with Crippen molar-refractivity contribution in [2.24, 2.45) is 0 Å². The summed E-state index contributed by atoms with van der Waals surface area (Å²) < 4.78 is 36.9. The van der Waals surface area contributed by atoms with Crippen LogP contribution in [0, 0.1) is 12.3 Å². The van der Waals surface area contributed by atoms with Crippen LogP contribution in [0.3, 0.4) is 0 Å². The van der Waals surface area contributed by atoms with E-state index in [-0.39, 0.29) is 16.3 Å². The molecule has 1 aromatic rings. The van der Waals surface area contributed by atoms with E-state index in [0.29, 0.717) is 0 Å². The van der Waals surface area contributed by atoms with Gasteiger partial charge < -0.3 is 10.6 Å². The minimum atomic E-state index is -4.43. The predicted molar refractivity (Wildman–Crippen MR) is 76.4 cm³/mol. The van der Waals surface area contributed by atoms with Crippen molar-refractivity contribution in [3.8, 4) is 12.3 Å². The normalized spacial score (nSPS) is 11.7. The van der Waals surface area contributed by atoms with E-state index in [9.17, 15) is 18.0 Å². The lowest BCUT2D eigenvalue weighted by Gasteiger charge is -2.21. The van der Waals surface area contributed by atoms with Crippen LogP contribution in [0.15, 0.2) is 18.2 Å². The van der Waals surface area contributed by atoms with Gasteiger partial charge in [-0.05, 0) is 26.0 Å². The van der Waals surface area contributed by atoms with Crippen molar-refractivity contribution in [3.05, 3.63) is 28.8 Å². The Kier molecular flexibility index (Phi) is 5.13. The highest BCUT2D eigenvalue weighted by atomic mass is 35.5. The molecule has 0 saturated heterocycles. The topological polar surface area (TPSA) is 41.1 Å². The molecule has 0 radical (unpaired) electrons. The molecular weight excluding hydrogens is 305 g/mol. The molecule has 0 spiro atoms. The fourth-order valence-electron chi connectivity index (χ4n) is 1.47. The van der Waals surface area contributed by atoms with Crippen molar-refractivity contribution in [1.29, 1.82) is 0 Å². The molecule has 0 bridgehead atoms. The van der Waals surface area contributed by atoms with Gasteiger partial charge >= 0.3 is 6.18 Å². The lowest BCUT2D eigenvalue weighted by atomic mass is 10.1. The van der Waals surface area contributed by atoms with Crippen LogP contribution in [0.25, 0.3) is 0 Å². The number of hydrogen-bond donors (Lipinski definition) is 2. The average molecular weight is 319 g/mol. The zero-order valence-electron chi connectivity index (χ0n) is 11.4. The van der Waals surface area contributed by atoms with E-state index in [1.54, 1.807) is 13.8 Å². The van der Waals surface area contributed by atoms with E-state index in [1.807, 2.05) is 0 Å². The van der Waals surface area contributed by atoms with E-state index < -0.39 is 24.2 Å². The fraction of sp³-hybridized carbons (Fsp3) is 0.357. The molecule has 2 N–H and O–H groups in total. The average Bonchev–Trinajstić information content (AvgIpc) is 2.35. The van der Waals surface area contributed by atoms with Crippen LogP contribution in [0.2, 0.25) is 5.02 Å². The number of para-hydroxylation sites is 1. The van der Waals surface area contributed by atoms with Gasteiger partial charge in [0.1, 0.15) is 6.54 Å². The van der Waals surface area contributed by atoms with E-state index in [4.69, 9.17) is 18.0 Å². The Morgan fingerprint density at radius 1 is 1.38 bits per heavy atom. The van der Waals surface area contributed by atoms with Crippen LogP contribution in [0.4, 0.5) is 18.9 Å². The Hall–Kier alpha value is -1.87. The number of anilines is 1. The zero-order valence-corrected chi connectivity index (χ0v) is 12.2. The summed E-state index contributed by atoms with van der Waals surface area (Å²) in [7, 11) is 0. The van der Waals surface area contributed by atoms with Gasteiger partial charge in [-0.2, -0.15) is 13.2 Å². The van der Waals surface area contributed by atoms with Crippen molar-refractivity contribution in [2.45, 2.75) is 25.6 Å². The van der Waals surface area contributed by atoms with Crippen molar-refractivity contribution in [2.75, 3.05) is 11.9 Å². The molecule has 1 aromatic carbocycles. The van der Waals surface area contributed by atoms with Crippen LogP contribution in [0.1, 0.15) is 24.2 Å². The Bertz CT molecular complexity index is 577. The number of terminal acetylenes is 1. The summed E-state index contributed by atoms with van der Waals surface area (Å²) >= 11 is 5.86. The molecule has 1 amide bonds. The number of alkyl halides is 3. The predicted octanol–water partition coefficient (Wildman–Crippen LogP) is 3.46. The number of halogens is 4. The van der Waals surface area contributed by atoms with Crippen LogP contribution >= 0.6 is 11.6 Å². The van der Waals surface area contributed by atoms with Gasteiger partial charge in [0.25, 0.3) is 5.91 Å². The van der Waals surface area contributed by atoms with Gasteiger partial charge in [0.15, 0.2) is 0 Å². The second kappa shape index (κ2) is 6.27. The molecule has 7 heteroatoms. The molecule has 114 valence electrons. The highest BCUT2D eigenvalue weighted by Gasteiger charge is 2.28. The molecule has 0 heterocycles. The monoisotopic (exact) mass is 318 g/mol. The maximum atomic E-state index is 12.3. The first-order chi connectivity index (χ1) is 9.56. The summed E-state index contributed by atoms with van der Waals surface area (Å²) in [5.74, 6) is 1.76. The maximum Gasteiger partial charge on any atom is 0.405 e. The fourth-order valence-corrected chi connectivity index (χ4v) is 1.71. The zero-order chi connectivity index (χ0) is 16.3. The molecule has 1 rings (SSSR count). The quantitative estimate of drug-likeness (QED) is 0.835. The van der Waals surface area contributed by atoms with E-state index in [1.165, 1.54) is 18.2 Å². The summed E-state index contributed by atoms with van der Waals surface area (Å²) in [5.41, 5.74) is -1.02. The van der Waals surface area contributed by atoms with Gasteiger partial charge in [-0.15, -0.1) is 6.42 Å². The van der Waals surface area contributed by atoms with Gasteiger partial charge in [0, 0.05) is 0 Å². The SMILES string of the molecule is C#CC(C)(C)NC(=O)c1cccc(Cl)c1NCC(F)(F)F. The number of rotatable bonds is 4. The van der Waals surface area contributed by atoms with Crippen LogP contribution < -0.4 is 10.6 Å². The summed E-state index contributed by atoms with van der Waals surface area (Å²) in [5, 5.41) is 4.69. The molecule has 0 aliphatic heterocycles. The molecule has 0 aromatic heterocycles. The summed E-state index contributed by atoms with van der Waals surface area (Å²) in [4.78, 5) is 12.1. The van der Waals surface area contributed by atoms with Crippen molar-refractivity contribution in [3.63, 3.8) is 0 Å². The highest BCUT2D eigenvalue weighted by molar-refractivity contribution is 6.34. The van der Waals surface area contributed by atoms with E-state index in [0.717, 1.165) is 0 Å². The number of benzene rings is 1. The minimum absolute atomic E-state index is 0.00456. The Labute approximate surface area is 125 Å². The van der Waals surface area contributed by atoms with Crippen molar-refractivity contribution in [1.82, 2.24) is 5.32 Å².